The number of pyridine rings is 1. The minimum Gasteiger partial charge on any atom is -0.370 e. The van der Waals surface area contributed by atoms with Crippen LogP contribution in [0.5, 0.6) is 0 Å². The highest BCUT2D eigenvalue weighted by atomic mass is 15.1. The predicted octanol–water partition coefficient (Wildman–Crippen LogP) is 1.75. The number of nitrogens with zero attached hydrogens (tertiary/aromatic N) is 2. The molecule has 20 heavy (non-hydrogen) atoms. The SMILES string of the molecule is Cc1nc2c(cc1NC(=N)N)CC(CCN(C)C)CC2. The van der Waals surface area contributed by atoms with Gasteiger partial charge < -0.3 is 16.0 Å². The van der Waals surface area contributed by atoms with Gasteiger partial charge in [-0.3, -0.25) is 10.4 Å². The number of anilines is 1. The van der Waals surface area contributed by atoms with Crippen LogP contribution in [0.4, 0.5) is 5.69 Å². The summed E-state index contributed by atoms with van der Waals surface area (Å²) in [5, 5.41) is 10.2. The molecule has 1 aromatic rings. The minimum absolute atomic E-state index is 0.0326. The highest BCUT2D eigenvalue weighted by Crippen LogP contribution is 2.29. The lowest BCUT2D eigenvalue weighted by molar-refractivity contribution is 0.329. The first-order chi connectivity index (χ1) is 9.45. The molecule has 0 saturated carbocycles. The molecule has 0 fully saturated rings. The van der Waals surface area contributed by atoms with Crippen molar-refractivity contribution in [1.82, 2.24) is 9.88 Å². The van der Waals surface area contributed by atoms with Gasteiger partial charge in [-0.1, -0.05) is 0 Å². The third-order valence-corrected chi connectivity index (χ3v) is 3.93. The standard InChI is InChI=1S/C15H25N5/c1-10-14(19-15(16)17)9-12-8-11(6-7-20(2)3)4-5-13(12)18-10/h9,11H,4-8H2,1-3H3,(H4,16,17,19). The van der Waals surface area contributed by atoms with E-state index in [0.717, 1.165) is 36.7 Å². The predicted molar refractivity (Wildman–Crippen MR) is 83.2 cm³/mol. The molecular formula is C15H25N5. The van der Waals surface area contributed by atoms with Crippen LogP contribution < -0.4 is 11.1 Å². The van der Waals surface area contributed by atoms with Gasteiger partial charge in [-0.15, -0.1) is 0 Å². The van der Waals surface area contributed by atoms with E-state index < -0.39 is 0 Å². The van der Waals surface area contributed by atoms with Gasteiger partial charge >= 0.3 is 0 Å². The molecule has 1 aromatic heterocycles. The highest BCUT2D eigenvalue weighted by molar-refractivity contribution is 5.90. The number of nitrogens with one attached hydrogen (secondary N) is 2. The fraction of sp³-hybridized carbons (Fsp3) is 0.600. The van der Waals surface area contributed by atoms with Crippen LogP contribution in [0.2, 0.25) is 0 Å². The molecular weight excluding hydrogens is 250 g/mol. The van der Waals surface area contributed by atoms with Gasteiger partial charge in [0.05, 0.1) is 11.4 Å². The second-order valence-corrected chi connectivity index (χ2v) is 5.97. The first-order valence-corrected chi connectivity index (χ1v) is 7.21. The maximum Gasteiger partial charge on any atom is 0.190 e. The Morgan fingerprint density at radius 3 is 2.95 bits per heavy atom. The Labute approximate surface area is 121 Å². The zero-order valence-electron chi connectivity index (χ0n) is 12.7. The molecule has 5 nitrogen and oxygen atoms in total. The van der Waals surface area contributed by atoms with E-state index in [2.05, 4.69) is 35.4 Å². The quantitative estimate of drug-likeness (QED) is 0.578. The molecule has 4 N–H and O–H groups in total. The third-order valence-electron chi connectivity index (χ3n) is 3.93. The number of aryl methyl sites for hydroxylation is 2. The van der Waals surface area contributed by atoms with Gasteiger partial charge in [0.2, 0.25) is 0 Å². The zero-order chi connectivity index (χ0) is 14.7. The number of aromatic nitrogens is 1. The molecule has 0 aromatic carbocycles. The summed E-state index contributed by atoms with van der Waals surface area (Å²) in [5.41, 5.74) is 9.74. The molecule has 1 heterocycles. The summed E-state index contributed by atoms with van der Waals surface area (Å²) in [7, 11) is 4.24. The van der Waals surface area contributed by atoms with E-state index >= 15 is 0 Å². The number of hydrogen-bond acceptors (Lipinski definition) is 3. The summed E-state index contributed by atoms with van der Waals surface area (Å²) in [6.07, 6.45) is 4.61. The van der Waals surface area contributed by atoms with Crippen molar-refractivity contribution in [3.63, 3.8) is 0 Å². The molecule has 1 atom stereocenters. The van der Waals surface area contributed by atoms with Crippen molar-refractivity contribution in [3.8, 4) is 0 Å². The molecule has 0 saturated heterocycles. The molecule has 0 aliphatic heterocycles. The summed E-state index contributed by atoms with van der Waals surface area (Å²) in [5.74, 6) is 0.703. The third kappa shape index (κ3) is 3.70. The topological polar surface area (TPSA) is 78.0 Å². The fourth-order valence-electron chi connectivity index (χ4n) is 2.80. The van der Waals surface area contributed by atoms with Crippen LogP contribution >= 0.6 is 0 Å². The Morgan fingerprint density at radius 2 is 2.30 bits per heavy atom. The molecule has 0 spiro atoms. The molecule has 1 unspecified atom stereocenters. The zero-order valence-corrected chi connectivity index (χ0v) is 12.7. The van der Waals surface area contributed by atoms with Crippen LogP contribution in [0.1, 0.15) is 29.8 Å². The van der Waals surface area contributed by atoms with E-state index in [1.165, 1.54) is 24.1 Å². The molecule has 0 bridgehead atoms. The number of guanidine groups is 1. The number of hydrogen-bond donors (Lipinski definition) is 3. The van der Waals surface area contributed by atoms with Crippen molar-refractivity contribution in [2.24, 2.45) is 11.7 Å². The molecule has 1 aliphatic rings. The minimum atomic E-state index is -0.0326. The largest absolute Gasteiger partial charge is 0.370 e. The lowest BCUT2D eigenvalue weighted by Crippen LogP contribution is -2.24. The van der Waals surface area contributed by atoms with Crippen LogP contribution in [0.25, 0.3) is 0 Å². The lowest BCUT2D eigenvalue weighted by Gasteiger charge is -2.26. The van der Waals surface area contributed by atoms with Crippen molar-refractivity contribution >= 4 is 11.6 Å². The Bertz CT molecular complexity index is 495. The van der Waals surface area contributed by atoms with Crippen molar-refractivity contribution in [3.05, 3.63) is 23.0 Å². The van der Waals surface area contributed by atoms with E-state index in [1.807, 2.05) is 6.92 Å². The smallest absolute Gasteiger partial charge is 0.190 e. The summed E-state index contributed by atoms with van der Waals surface area (Å²) >= 11 is 0. The number of fused-ring (bicyclic) bond motifs is 1. The number of nitrogens with two attached hydrogens (primary N) is 1. The van der Waals surface area contributed by atoms with Gasteiger partial charge in [0.15, 0.2) is 5.96 Å². The van der Waals surface area contributed by atoms with Gasteiger partial charge in [-0.05, 0) is 70.8 Å². The molecule has 0 amide bonds. The van der Waals surface area contributed by atoms with Crippen molar-refractivity contribution in [2.45, 2.75) is 32.6 Å². The maximum atomic E-state index is 7.35. The van der Waals surface area contributed by atoms with Crippen molar-refractivity contribution < 1.29 is 0 Å². The van der Waals surface area contributed by atoms with Gasteiger partial charge in [-0.2, -0.15) is 0 Å². The monoisotopic (exact) mass is 275 g/mol. The van der Waals surface area contributed by atoms with Crippen molar-refractivity contribution in [2.75, 3.05) is 26.0 Å². The van der Waals surface area contributed by atoms with Gasteiger partial charge in [0.25, 0.3) is 0 Å². The highest BCUT2D eigenvalue weighted by Gasteiger charge is 2.21. The second-order valence-electron chi connectivity index (χ2n) is 5.97. The summed E-state index contributed by atoms with van der Waals surface area (Å²) in [6.45, 7) is 3.10. The van der Waals surface area contributed by atoms with E-state index in [9.17, 15) is 0 Å². The van der Waals surface area contributed by atoms with Crippen LogP contribution in [0.15, 0.2) is 6.07 Å². The van der Waals surface area contributed by atoms with Crippen LogP contribution in [-0.4, -0.2) is 36.5 Å². The van der Waals surface area contributed by atoms with E-state index in [-0.39, 0.29) is 5.96 Å². The molecule has 1 aliphatic carbocycles. The summed E-state index contributed by atoms with van der Waals surface area (Å²) in [4.78, 5) is 6.91. The molecule has 110 valence electrons. The Hall–Kier alpha value is -1.62. The van der Waals surface area contributed by atoms with Gasteiger partial charge in [0.1, 0.15) is 0 Å². The van der Waals surface area contributed by atoms with Crippen LogP contribution in [-0.2, 0) is 12.8 Å². The average molecular weight is 275 g/mol. The fourth-order valence-corrected chi connectivity index (χ4v) is 2.80. The Kier molecular flexibility index (Phi) is 4.60. The van der Waals surface area contributed by atoms with Gasteiger partial charge in [0, 0.05) is 5.69 Å². The van der Waals surface area contributed by atoms with E-state index in [4.69, 9.17) is 11.1 Å². The first-order valence-electron chi connectivity index (χ1n) is 7.21. The summed E-state index contributed by atoms with van der Waals surface area (Å²) < 4.78 is 0. The lowest BCUT2D eigenvalue weighted by atomic mass is 9.84. The molecule has 0 radical (unpaired) electrons. The van der Waals surface area contributed by atoms with Crippen molar-refractivity contribution in [1.29, 1.82) is 5.41 Å². The van der Waals surface area contributed by atoms with E-state index in [1.54, 1.807) is 0 Å². The first kappa shape index (κ1) is 14.8. The van der Waals surface area contributed by atoms with Gasteiger partial charge in [-0.25, -0.2) is 0 Å². The van der Waals surface area contributed by atoms with Crippen LogP contribution in [0, 0.1) is 18.3 Å². The van der Waals surface area contributed by atoms with Crippen LogP contribution in [0.3, 0.4) is 0 Å². The number of rotatable bonds is 4. The Morgan fingerprint density at radius 1 is 1.55 bits per heavy atom. The Balaban J connectivity index is 2.11. The molecule has 2 rings (SSSR count). The normalized spacial score (nSPS) is 17.9. The summed E-state index contributed by atoms with van der Waals surface area (Å²) in [6, 6.07) is 2.13. The maximum absolute atomic E-state index is 7.35. The molecule has 5 heteroatoms. The van der Waals surface area contributed by atoms with E-state index in [0.29, 0.717) is 0 Å². The average Bonchev–Trinajstić information content (AvgIpc) is 2.36. The second kappa shape index (κ2) is 6.22.